The second-order valence-corrected chi connectivity index (χ2v) is 5.77. The highest BCUT2D eigenvalue weighted by Gasteiger charge is 2.29. The highest BCUT2D eigenvalue weighted by atomic mass is 35.5. The van der Waals surface area contributed by atoms with E-state index in [0.717, 1.165) is 12.1 Å². The minimum atomic E-state index is -4.37. The number of benzene rings is 1. The average Bonchev–Trinajstić information content (AvgIpc) is 2.59. The Morgan fingerprint density at radius 1 is 1.08 bits per heavy atom. The Bertz CT molecular complexity index is 780. The highest BCUT2D eigenvalue weighted by molar-refractivity contribution is 6.30. The maximum atomic E-state index is 12.5. The molecule has 5 nitrogen and oxygen atoms in total. The number of carbonyl (C=O) groups is 2. The quantitative estimate of drug-likeness (QED) is 0.803. The van der Waals surface area contributed by atoms with Gasteiger partial charge in [0.05, 0.1) is 12.1 Å². The van der Waals surface area contributed by atoms with Gasteiger partial charge >= 0.3 is 6.18 Å². The molecule has 0 spiro atoms. The maximum absolute atomic E-state index is 12.5. The zero-order chi connectivity index (χ0) is 19.2. The minimum absolute atomic E-state index is 0.0926. The van der Waals surface area contributed by atoms with E-state index in [-0.39, 0.29) is 18.8 Å². The average molecular weight is 386 g/mol. The van der Waals surface area contributed by atoms with Gasteiger partial charge in [-0.3, -0.25) is 14.6 Å². The van der Waals surface area contributed by atoms with E-state index < -0.39 is 23.6 Å². The molecule has 0 aliphatic carbocycles. The Hall–Kier alpha value is -2.61. The number of nitrogens with one attached hydrogen (secondary N) is 2. The summed E-state index contributed by atoms with van der Waals surface area (Å²) < 4.78 is 37.4. The zero-order valence-electron chi connectivity index (χ0n) is 13.4. The van der Waals surface area contributed by atoms with Gasteiger partial charge in [0, 0.05) is 17.8 Å². The van der Waals surface area contributed by atoms with E-state index in [2.05, 4.69) is 15.6 Å². The lowest BCUT2D eigenvalue weighted by atomic mass is 10.1. The molecule has 9 heteroatoms. The van der Waals surface area contributed by atoms with Crippen LogP contribution in [0.3, 0.4) is 0 Å². The minimum Gasteiger partial charge on any atom is -0.354 e. The number of hydrogen-bond acceptors (Lipinski definition) is 3. The number of amides is 2. The number of aromatic nitrogens is 1. The van der Waals surface area contributed by atoms with Gasteiger partial charge in [-0.2, -0.15) is 13.2 Å². The van der Waals surface area contributed by atoms with Crippen molar-refractivity contribution in [2.45, 2.75) is 12.6 Å². The summed E-state index contributed by atoms with van der Waals surface area (Å²) in [6.45, 7) is -0.0183. The van der Waals surface area contributed by atoms with Crippen LogP contribution in [-0.4, -0.2) is 29.9 Å². The lowest BCUT2D eigenvalue weighted by molar-refractivity contribution is -0.137. The molecule has 2 aromatic rings. The van der Waals surface area contributed by atoms with E-state index in [1.807, 2.05) is 0 Å². The molecular formula is C17H15ClF3N3O2. The summed E-state index contributed by atoms with van der Waals surface area (Å²) in [6.07, 6.45) is -2.63. The van der Waals surface area contributed by atoms with Gasteiger partial charge in [0.1, 0.15) is 5.69 Å². The zero-order valence-corrected chi connectivity index (χ0v) is 14.2. The Kier molecular flexibility index (Phi) is 6.57. The maximum Gasteiger partial charge on any atom is 0.416 e. The summed E-state index contributed by atoms with van der Waals surface area (Å²) in [5.41, 5.74) is 0.0307. The van der Waals surface area contributed by atoms with Crippen LogP contribution in [0.15, 0.2) is 42.6 Å². The smallest absolute Gasteiger partial charge is 0.354 e. The van der Waals surface area contributed by atoms with Crippen LogP contribution in [0.2, 0.25) is 5.02 Å². The summed E-state index contributed by atoms with van der Waals surface area (Å²) in [7, 11) is 0. The predicted molar refractivity (Wildman–Crippen MR) is 89.7 cm³/mol. The third-order valence-corrected chi connectivity index (χ3v) is 3.62. The first-order chi connectivity index (χ1) is 12.3. The molecule has 1 aromatic heterocycles. The fourth-order valence-corrected chi connectivity index (χ4v) is 2.21. The van der Waals surface area contributed by atoms with E-state index in [1.54, 1.807) is 0 Å². The van der Waals surface area contributed by atoms with Crippen molar-refractivity contribution in [3.63, 3.8) is 0 Å². The molecule has 26 heavy (non-hydrogen) atoms. The monoisotopic (exact) mass is 385 g/mol. The van der Waals surface area contributed by atoms with Crippen LogP contribution in [0, 0.1) is 0 Å². The lowest BCUT2D eigenvalue weighted by Crippen LogP contribution is -2.37. The van der Waals surface area contributed by atoms with Crippen molar-refractivity contribution in [2.24, 2.45) is 0 Å². The molecule has 0 fully saturated rings. The first kappa shape index (κ1) is 19.7. The fourth-order valence-electron chi connectivity index (χ4n) is 2.05. The van der Waals surface area contributed by atoms with E-state index in [4.69, 9.17) is 11.6 Å². The topological polar surface area (TPSA) is 71.1 Å². The van der Waals surface area contributed by atoms with Crippen LogP contribution in [0.5, 0.6) is 0 Å². The van der Waals surface area contributed by atoms with Gasteiger partial charge in [-0.05, 0) is 36.2 Å². The summed E-state index contributed by atoms with van der Waals surface area (Å²) >= 11 is 5.75. The number of halogens is 4. The highest BCUT2D eigenvalue weighted by Crippen LogP contribution is 2.29. The molecular weight excluding hydrogens is 371 g/mol. The Morgan fingerprint density at radius 3 is 2.38 bits per heavy atom. The van der Waals surface area contributed by atoms with Gasteiger partial charge in [0.25, 0.3) is 5.91 Å². The molecule has 0 unspecified atom stereocenters. The molecule has 138 valence electrons. The number of alkyl halides is 3. The number of hydrogen-bond donors (Lipinski definition) is 2. The van der Waals surface area contributed by atoms with Gasteiger partial charge in [-0.1, -0.05) is 23.7 Å². The Morgan fingerprint density at radius 2 is 1.77 bits per heavy atom. The summed E-state index contributed by atoms with van der Waals surface area (Å²) in [4.78, 5) is 27.3. The van der Waals surface area contributed by atoms with Crippen molar-refractivity contribution in [2.75, 3.05) is 13.1 Å². The molecule has 2 N–H and O–H groups in total. The molecule has 0 saturated heterocycles. The summed E-state index contributed by atoms with van der Waals surface area (Å²) in [5.74, 6) is -0.960. The van der Waals surface area contributed by atoms with Gasteiger partial charge < -0.3 is 10.6 Å². The molecule has 0 aliphatic rings. The van der Waals surface area contributed by atoms with Crippen molar-refractivity contribution in [1.82, 2.24) is 15.6 Å². The second-order valence-electron chi connectivity index (χ2n) is 5.34. The number of carbonyl (C=O) groups excluding carboxylic acids is 2. The Labute approximate surface area is 152 Å². The molecule has 0 radical (unpaired) electrons. The SMILES string of the molecule is O=C(CNC(=O)c1cc(Cl)ccn1)NCCc1ccc(C(F)(F)F)cc1. The van der Waals surface area contributed by atoms with Crippen LogP contribution < -0.4 is 10.6 Å². The third kappa shape index (κ3) is 6.03. The van der Waals surface area contributed by atoms with Crippen LogP contribution in [0.4, 0.5) is 13.2 Å². The van der Waals surface area contributed by atoms with Crippen molar-refractivity contribution >= 4 is 23.4 Å². The lowest BCUT2D eigenvalue weighted by Gasteiger charge is -2.09. The van der Waals surface area contributed by atoms with Crippen molar-refractivity contribution in [3.8, 4) is 0 Å². The van der Waals surface area contributed by atoms with E-state index >= 15 is 0 Å². The third-order valence-electron chi connectivity index (χ3n) is 3.38. The standard InChI is InChI=1S/C17H15ClF3N3O2/c18-13-6-8-22-14(9-13)16(26)24-10-15(25)23-7-5-11-1-3-12(4-2-11)17(19,20)21/h1-4,6,8-9H,5,7,10H2,(H,23,25)(H,24,26). The summed E-state index contributed by atoms with van der Waals surface area (Å²) in [6, 6.07) is 7.61. The van der Waals surface area contributed by atoms with Gasteiger partial charge in [-0.15, -0.1) is 0 Å². The van der Waals surface area contributed by atoms with Gasteiger partial charge in [0.15, 0.2) is 0 Å². The van der Waals surface area contributed by atoms with Gasteiger partial charge in [0.2, 0.25) is 5.91 Å². The van der Waals surface area contributed by atoms with E-state index in [0.29, 0.717) is 17.0 Å². The van der Waals surface area contributed by atoms with Crippen molar-refractivity contribution in [1.29, 1.82) is 0 Å². The Balaban J connectivity index is 1.73. The molecule has 0 atom stereocenters. The van der Waals surface area contributed by atoms with Crippen LogP contribution in [0.25, 0.3) is 0 Å². The summed E-state index contributed by atoms with van der Waals surface area (Å²) in [5, 5.41) is 5.33. The number of pyridine rings is 1. The molecule has 1 heterocycles. The number of nitrogens with zero attached hydrogens (tertiary/aromatic N) is 1. The van der Waals surface area contributed by atoms with Crippen molar-refractivity contribution in [3.05, 3.63) is 64.4 Å². The van der Waals surface area contributed by atoms with Crippen LogP contribution in [-0.2, 0) is 17.4 Å². The van der Waals surface area contributed by atoms with Gasteiger partial charge in [-0.25, -0.2) is 0 Å². The predicted octanol–water partition coefficient (Wildman–Crippen LogP) is 2.84. The van der Waals surface area contributed by atoms with Crippen molar-refractivity contribution < 1.29 is 22.8 Å². The van der Waals surface area contributed by atoms with Crippen LogP contribution in [0.1, 0.15) is 21.6 Å². The fraction of sp³-hybridized carbons (Fsp3) is 0.235. The first-order valence-corrected chi connectivity index (χ1v) is 7.96. The molecule has 0 saturated carbocycles. The van der Waals surface area contributed by atoms with Crippen LogP contribution >= 0.6 is 11.6 Å². The first-order valence-electron chi connectivity index (χ1n) is 7.58. The molecule has 2 rings (SSSR count). The molecule has 1 aromatic carbocycles. The molecule has 0 bridgehead atoms. The normalized spacial score (nSPS) is 11.1. The molecule has 0 aliphatic heterocycles. The largest absolute Gasteiger partial charge is 0.416 e. The van der Waals surface area contributed by atoms with E-state index in [1.165, 1.54) is 30.5 Å². The second kappa shape index (κ2) is 8.66. The number of rotatable bonds is 6. The van der Waals surface area contributed by atoms with E-state index in [9.17, 15) is 22.8 Å². The molecule has 2 amide bonds.